The van der Waals surface area contributed by atoms with Crippen molar-refractivity contribution in [1.82, 2.24) is 4.72 Å². The van der Waals surface area contributed by atoms with E-state index in [0.29, 0.717) is 5.56 Å². The molecule has 0 bridgehead atoms. The van der Waals surface area contributed by atoms with E-state index < -0.39 is 39.4 Å². The van der Waals surface area contributed by atoms with E-state index in [1.165, 1.54) is 6.07 Å². The van der Waals surface area contributed by atoms with Crippen LogP contribution in [0.1, 0.15) is 5.56 Å². The molecule has 100 valence electrons. The Morgan fingerprint density at radius 2 is 2.11 bits per heavy atom. The smallest absolute Gasteiger partial charge is 0.333 e. The van der Waals surface area contributed by atoms with Crippen molar-refractivity contribution in [2.75, 3.05) is 6.54 Å². The molecule has 1 rings (SSSR count). The van der Waals surface area contributed by atoms with Gasteiger partial charge in [0.1, 0.15) is 10.7 Å². The summed E-state index contributed by atoms with van der Waals surface area (Å²) in [5.74, 6) is -2.51. The molecule has 0 radical (unpaired) electrons. The van der Waals surface area contributed by atoms with E-state index >= 15 is 0 Å². The number of carbonyl (C=O) groups is 1. The highest BCUT2D eigenvalue weighted by molar-refractivity contribution is 7.89. The van der Waals surface area contributed by atoms with Crippen molar-refractivity contribution in [3.8, 4) is 0 Å². The van der Waals surface area contributed by atoms with Gasteiger partial charge < -0.3 is 10.2 Å². The zero-order valence-electron chi connectivity index (χ0n) is 9.42. The van der Waals surface area contributed by atoms with Gasteiger partial charge in [-0.2, -0.15) is 0 Å². The summed E-state index contributed by atoms with van der Waals surface area (Å²) < 4.78 is 38.5. The van der Waals surface area contributed by atoms with Crippen LogP contribution in [-0.4, -0.2) is 37.2 Å². The Morgan fingerprint density at radius 1 is 1.50 bits per heavy atom. The second-order valence-corrected chi connectivity index (χ2v) is 5.38. The number of benzene rings is 1. The average molecular weight is 277 g/mol. The van der Waals surface area contributed by atoms with Gasteiger partial charge in [0, 0.05) is 6.54 Å². The van der Waals surface area contributed by atoms with E-state index in [-0.39, 0.29) is 0 Å². The van der Waals surface area contributed by atoms with Gasteiger partial charge in [0.2, 0.25) is 10.0 Å². The number of hydrogen-bond acceptors (Lipinski definition) is 4. The van der Waals surface area contributed by atoms with Crippen LogP contribution < -0.4 is 4.72 Å². The minimum absolute atomic E-state index is 0.538. The summed E-state index contributed by atoms with van der Waals surface area (Å²) >= 11 is 0. The van der Waals surface area contributed by atoms with Gasteiger partial charge in [-0.25, -0.2) is 22.3 Å². The number of carboxylic acid groups (broad SMARTS) is 1. The van der Waals surface area contributed by atoms with Gasteiger partial charge in [0.15, 0.2) is 6.10 Å². The number of sulfonamides is 1. The van der Waals surface area contributed by atoms with Crippen LogP contribution in [0.2, 0.25) is 0 Å². The molecular formula is C10H12FNO5S. The van der Waals surface area contributed by atoms with Crippen LogP contribution >= 0.6 is 0 Å². The first-order valence-corrected chi connectivity index (χ1v) is 6.39. The maximum atomic E-state index is 13.4. The van der Waals surface area contributed by atoms with E-state index in [0.717, 1.165) is 12.1 Å². The quantitative estimate of drug-likeness (QED) is 0.695. The number of rotatable bonds is 5. The Kier molecular flexibility index (Phi) is 4.38. The monoisotopic (exact) mass is 277 g/mol. The first-order chi connectivity index (χ1) is 8.24. The van der Waals surface area contributed by atoms with Gasteiger partial charge in [0.05, 0.1) is 0 Å². The highest BCUT2D eigenvalue weighted by atomic mass is 32.2. The number of aryl methyl sites for hydroxylation is 1. The van der Waals surface area contributed by atoms with Crippen LogP contribution in [-0.2, 0) is 14.8 Å². The molecule has 1 aromatic rings. The Balaban J connectivity index is 2.93. The third-order valence-electron chi connectivity index (χ3n) is 2.13. The average Bonchev–Trinajstić information content (AvgIpc) is 2.29. The Labute approximate surface area is 103 Å². The first kappa shape index (κ1) is 14.6. The van der Waals surface area contributed by atoms with E-state index in [4.69, 9.17) is 10.2 Å². The van der Waals surface area contributed by atoms with Crippen LogP contribution in [0.3, 0.4) is 0 Å². The minimum atomic E-state index is -4.19. The Morgan fingerprint density at radius 3 is 2.67 bits per heavy atom. The lowest BCUT2D eigenvalue weighted by molar-refractivity contribution is -0.146. The van der Waals surface area contributed by atoms with E-state index in [2.05, 4.69) is 0 Å². The highest BCUT2D eigenvalue weighted by Crippen LogP contribution is 2.15. The Hall–Kier alpha value is -1.51. The number of halogens is 1. The molecule has 0 amide bonds. The van der Waals surface area contributed by atoms with Crippen molar-refractivity contribution < 1.29 is 27.8 Å². The molecule has 0 aromatic heterocycles. The molecule has 8 heteroatoms. The molecule has 0 spiro atoms. The first-order valence-electron chi connectivity index (χ1n) is 4.91. The van der Waals surface area contributed by atoms with Crippen molar-refractivity contribution >= 4 is 16.0 Å². The van der Waals surface area contributed by atoms with Gasteiger partial charge >= 0.3 is 5.97 Å². The van der Waals surface area contributed by atoms with Gasteiger partial charge in [-0.3, -0.25) is 0 Å². The maximum Gasteiger partial charge on any atom is 0.333 e. The standard InChI is InChI=1S/C10H12FNO5S/c1-6-2-3-7(11)9(4-6)18(16,17)12-5-8(13)10(14)15/h2-4,8,12-13H,5H2,1H3,(H,14,15). The number of hydrogen-bond donors (Lipinski definition) is 3. The van der Waals surface area contributed by atoms with Gasteiger partial charge in [-0.05, 0) is 24.6 Å². The van der Waals surface area contributed by atoms with Crippen molar-refractivity contribution in [2.24, 2.45) is 0 Å². The SMILES string of the molecule is Cc1ccc(F)c(S(=O)(=O)NCC(O)C(=O)O)c1. The molecule has 0 saturated heterocycles. The largest absolute Gasteiger partial charge is 0.479 e. The van der Waals surface area contributed by atoms with Gasteiger partial charge in [-0.15, -0.1) is 0 Å². The number of aliphatic hydroxyl groups is 1. The number of carboxylic acids is 1. The van der Waals surface area contributed by atoms with Crippen LogP contribution in [0, 0.1) is 12.7 Å². The zero-order valence-corrected chi connectivity index (χ0v) is 10.2. The lowest BCUT2D eigenvalue weighted by Crippen LogP contribution is -2.36. The van der Waals surface area contributed by atoms with E-state index in [1.54, 1.807) is 6.92 Å². The second kappa shape index (κ2) is 5.42. The lowest BCUT2D eigenvalue weighted by atomic mass is 10.2. The van der Waals surface area contributed by atoms with Crippen molar-refractivity contribution in [3.63, 3.8) is 0 Å². The number of aliphatic carboxylic acids is 1. The fourth-order valence-corrected chi connectivity index (χ4v) is 2.37. The van der Waals surface area contributed by atoms with Crippen LogP contribution in [0.5, 0.6) is 0 Å². The van der Waals surface area contributed by atoms with Crippen LogP contribution in [0.25, 0.3) is 0 Å². The van der Waals surface area contributed by atoms with E-state index in [1.807, 2.05) is 4.72 Å². The number of nitrogens with one attached hydrogen (secondary N) is 1. The molecule has 3 N–H and O–H groups in total. The lowest BCUT2D eigenvalue weighted by Gasteiger charge is -2.10. The molecular weight excluding hydrogens is 265 g/mol. The van der Waals surface area contributed by atoms with Gasteiger partial charge in [0.25, 0.3) is 0 Å². The summed E-state index contributed by atoms with van der Waals surface area (Å²) in [6, 6.07) is 3.52. The third kappa shape index (κ3) is 3.49. The zero-order chi connectivity index (χ0) is 13.9. The summed E-state index contributed by atoms with van der Waals surface area (Å²) in [6.07, 6.45) is -1.88. The summed E-state index contributed by atoms with van der Waals surface area (Å²) in [5.41, 5.74) is 0.538. The fourth-order valence-electron chi connectivity index (χ4n) is 1.17. The molecule has 0 saturated carbocycles. The summed E-state index contributed by atoms with van der Waals surface area (Å²) in [5, 5.41) is 17.3. The summed E-state index contributed by atoms with van der Waals surface area (Å²) in [7, 11) is -4.19. The molecule has 1 atom stereocenters. The van der Waals surface area contributed by atoms with Crippen molar-refractivity contribution in [1.29, 1.82) is 0 Å². The third-order valence-corrected chi connectivity index (χ3v) is 3.57. The Bertz CT molecular complexity index is 557. The fraction of sp³-hybridized carbons (Fsp3) is 0.300. The molecule has 0 fully saturated rings. The van der Waals surface area contributed by atoms with Crippen LogP contribution in [0.15, 0.2) is 23.1 Å². The molecule has 18 heavy (non-hydrogen) atoms. The minimum Gasteiger partial charge on any atom is -0.479 e. The summed E-state index contributed by atoms with van der Waals surface area (Å²) in [6.45, 7) is 0.857. The predicted octanol–water partition coefficient (Wildman–Crippen LogP) is -0.142. The second-order valence-electron chi connectivity index (χ2n) is 3.64. The molecule has 0 aliphatic rings. The maximum absolute atomic E-state index is 13.4. The molecule has 0 aliphatic carbocycles. The highest BCUT2D eigenvalue weighted by Gasteiger charge is 2.22. The predicted molar refractivity (Wildman–Crippen MR) is 60.0 cm³/mol. The normalized spacial score (nSPS) is 13.3. The van der Waals surface area contributed by atoms with Crippen molar-refractivity contribution in [3.05, 3.63) is 29.6 Å². The van der Waals surface area contributed by atoms with E-state index in [9.17, 15) is 17.6 Å². The molecule has 6 nitrogen and oxygen atoms in total. The topological polar surface area (TPSA) is 104 Å². The van der Waals surface area contributed by atoms with Crippen LogP contribution in [0.4, 0.5) is 4.39 Å². The molecule has 1 aromatic carbocycles. The van der Waals surface area contributed by atoms with Crippen molar-refractivity contribution in [2.45, 2.75) is 17.9 Å². The summed E-state index contributed by atoms with van der Waals surface area (Å²) in [4.78, 5) is 9.73. The van der Waals surface area contributed by atoms with Gasteiger partial charge in [-0.1, -0.05) is 6.07 Å². The molecule has 0 heterocycles. The molecule has 0 aliphatic heterocycles. The molecule has 1 unspecified atom stereocenters. The number of aliphatic hydroxyl groups excluding tert-OH is 1.